The topological polar surface area (TPSA) is 97.5 Å². The monoisotopic (exact) mass is 216 g/mol. The van der Waals surface area contributed by atoms with Crippen molar-refractivity contribution in [3.8, 4) is 0 Å². The molecule has 0 bridgehead atoms. The molecule has 0 unspecified atom stereocenters. The average Bonchev–Trinajstić information content (AvgIpc) is 2.30. The highest BCUT2D eigenvalue weighted by Crippen LogP contribution is 2.07. The molecule has 0 saturated heterocycles. The van der Waals surface area contributed by atoms with Gasteiger partial charge in [0.05, 0.1) is 0 Å². The fourth-order valence-electron chi connectivity index (χ4n) is 1.39. The van der Waals surface area contributed by atoms with Gasteiger partial charge in [0, 0.05) is 22.9 Å². The minimum atomic E-state index is 0.469. The second kappa shape index (κ2) is 7.17. The van der Waals surface area contributed by atoms with Crippen molar-refractivity contribution in [2.45, 2.75) is 12.8 Å². The van der Waals surface area contributed by atoms with Crippen LogP contribution in [0.2, 0.25) is 0 Å². The van der Waals surface area contributed by atoms with Gasteiger partial charge in [-0.25, -0.2) is 0 Å². The third-order valence-electron chi connectivity index (χ3n) is 2.12. The van der Waals surface area contributed by atoms with Gasteiger partial charge in [-0.3, -0.25) is 0 Å². The van der Waals surface area contributed by atoms with Crippen molar-refractivity contribution < 1.29 is 0 Å². The molecule has 1 aromatic rings. The van der Waals surface area contributed by atoms with Crippen LogP contribution < -0.4 is 0 Å². The molecule has 0 aromatic heterocycles. The second-order valence-corrected chi connectivity index (χ2v) is 3.23. The highest BCUT2D eigenvalue weighted by Gasteiger charge is 1.95. The molecular weight excluding hydrogens is 204 g/mol. The van der Waals surface area contributed by atoms with Gasteiger partial charge in [-0.05, 0) is 35.0 Å². The maximum atomic E-state index is 8.15. The highest BCUT2D eigenvalue weighted by atomic mass is 15.1. The molecule has 16 heavy (non-hydrogen) atoms. The molecule has 0 spiro atoms. The van der Waals surface area contributed by atoms with Gasteiger partial charge in [0.25, 0.3) is 0 Å². The van der Waals surface area contributed by atoms with Gasteiger partial charge in [-0.2, -0.15) is 0 Å². The SMILES string of the molecule is [N-]=[N+]=NCCc1cccc(CCN=[N+]=[N-])c1. The number of benzene rings is 1. The summed E-state index contributed by atoms with van der Waals surface area (Å²) < 4.78 is 0. The molecule has 0 aliphatic heterocycles. The first kappa shape index (κ1) is 11.9. The van der Waals surface area contributed by atoms with Gasteiger partial charge in [-0.1, -0.05) is 34.5 Å². The number of hydrogen-bond donors (Lipinski definition) is 0. The molecule has 6 heteroatoms. The van der Waals surface area contributed by atoms with E-state index < -0.39 is 0 Å². The first-order valence-corrected chi connectivity index (χ1v) is 4.96. The summed E-state index contributed by atoms with van der Waals surface area (Å²) in [6.45, 7) is 0.937. The summed E-state index contributed by atoms with van der Waals surface area (Å²) in [6, 6.07) is 7.98. The van der Waals surface area contributed by atoms with Crippen LogP contribution in [0, 0.1) is 0 Å². The number of nitrogens with zero attached hydrogens (tertiary/aromatic N) is 6. The second-order valence-electron chi connectivity index (χ2n) is 3.23. The summed E-state index contributed by atoms with van der Waals surface area (Å²) in [4.78, 5) is 5.41. The van der Waals surface area contributed by atoms with E-state index in [0.29, 0.717) is 13.1 Å². The van der Waals surface area contributed by atoms with Gasteiger partial charge < -0.3 is 0 Å². The molecule has 0 saturated carbocycles. The Morgan fingerprint density at radius 3 is 1.88 bits per heavy atom. The van der Waals surface area contributed by atoms with E-state index in [2.05, 4.69) is 20.1 Å². The van der Waals surface area contributed by atoms with Crippen LogP contribution in [0.3, 0.4) is 0 Å². The van der Waals surface area contributed by atoms with E-state index in [9.17, 15) is 0 Å². The average molecular weight is 216 g/mol. The molecule has 0 N–H and O–H groups in total. The van der Waals surface area contributed by atoms with Crippen LogP contribution in [-0.2, 0) is 12.8 Å². The fourth-order valence-corrected chi connectivity index (χ4v) is 1.39. The Hall–Kier alpha value is -2.16. The molecule has 0 atom stereocenters. The lowest BCUT2D eigenvalue weighted by Crippen LogP contribution is -1.93. The first-order chi connectivity index (χ1) is 7.86. The van der Waals surface area contributed by atoms with Crippen molar-refractivity contribution in [2.75, 3.05) is 13.1 Å². The zero-order chi connectivity index (χ0) is 11.6. The molecule has 1 rings (SSSR count). The molecule has 0 aliphatic rings. The molecule has 0 radical (unpaired) electrons. The summed E-state index contributed by atoms with van der Waals surface area (Å²) in [6.07, 6.45) is 1.47. The van der Waals surface area contributed by atoms with Gasteiger partial charge in [0.2, 0.25) is 0 Å². The Morgan fingerprint density at radius 1 is 0.938 bits per heavy atom. The summed E-state index contributed by atoms with van der Waals surface area (Å²) in [5.74, 6) is 0. The Bertz CT molecular complexity index is 391. The van der Waals surface area contributed by atoms with E-state index in [1.54, 1.807) is 0 Å². The van der Waals surface area contributed by atoms with Crippen LogP contribution in [-0.4, -0.2) is 13.1 Å². The van der Waals surface area contributed by atoms with Gasteiger partial charge in [-0.15, -0.1) is 0 Å². The summed E-state index contributed by atoms with van der Waals surface area (Å²) in [5, 5.41) is 6.97. The highest BCUT2D eigenvalue weighted by molar-refractivity contribution is 5.24. The van der Waals surface area contributed by atoms with Crippen molar-refractivity contribution in [1.82, 2.24) is 0 Å². The van der Waals surface area contributed by atoms with Crippen LogP contribution in [0.5, 0.6) is 0 Å². The van der Waals surface area contributed by atoms with E-state index in [1.165, 1.54) is 0 Å². The van der Waals surface area contributed by atoms with Crippen molar-refractivity contribution in [3.05, 3.63) is 56.3 Å². The van der Waals surface area contributed by atoms with Crippen LogP contribution in [0.15, 0.2) is 34.5 Å². The summed E-state index contributed by atoms with van der Waals surface area (Å²) in [7, 11) is 0. The Labute approximate surface area is 93.2 Å². The number of rotatable bonds is 6. The Kier molecular flexibility index (Phi) is 5.34. The summed E-state index contributed by atoms with van der Waals surface area (Å²) >= 11 is 0. The predicted octanol–water partition coefficient (Wildman–Crippen LogP) is 3.39. The number of hydrogen-bond acceptors (Lipinski definition) is 2. The van der Waals surface area contributed by atoms with Crippen molar-refractivity contribution in [3.63, 3.8) is 0 Å². The van der Waals surface area contributed by atoms with Gasteiger partial charge >= 0.3 is 0 Å². The largest absolute Gasteiger partial charge is 0.0936 e. The molecule has 0 heterocycles. The molecular formula is C10H12N6. The maximum absolute atomic E-state index is 8.15. The quantitative estimate of drug-likeness (QED) is 0.395. The maximum Gasteiger partial charge on any atom is 0.0298 e. The Balaban J connectivity index is 2.55. The van der Waals surface area contributed by atoms with E-state index >= 15 is 0 Å². The minimum absolute atomic E-state index is 0.469. The van der Waals surface area contributed by atoms with E-state index in [4.69, 9.17) is 11.1 Å². The predicted molar refractivity (Wildman–Crippen MR) is 61.9 cm³/mol. The lowest BCUT2D eigenvalue weighted by Gasteiger charge is -2.02. The lowest BCUT2D eigenvalue weighted by molar-refractivity contribution is 0.930. The molecule has 1 aromatic carbocycles. The van der Waals surface area contributed by atoms with Crippen molar-refractivity contribution >= 4 is 0 Å². The first-order valence-electron chi connectivity index (χ1n) is 4.96. The van der Waals surface area contributed by atoms with Crippen molar-refractivity contribution in [2.24, 2.45) is 10.2 Å². The van der Waals surface area contributed by atoms with Crippen LogP contribution >= 0.6 is 0 Å². The van der Waals surface area contributed by atoms with E-state index in [0.717, 1.165) is 24.0 Å². The third-order valence-corrected chi connectivity index (χ3v) is 2.12. The third kappa shape index (κ3) is 4.37. The van der Waals surface area contributed by atoms with Gasteiger partial charge in [0.1, 0.15) is 0 Å². The number of azide groups is 2. The molecule has 6 nitrogen and oxygen atoms in total. The standard InChI is InChI=1S/C10H12N6/c11-15-13-6-4-9-2-1-3-10(8-9)5-7-14-16-12/h1-3,8H,4-7H2. The molecule has 82 valence electrons. The zero-order valence-electron chi connectivity index (χ0n) is 8.82. The minimum Gasteiger partial charge on any atom is -0.0936 e. The van der Waals surface area contributed by atoms with Crippen LogP contribution in [0.25, 0.3) is 20.9 Å². The van der Waals surface area contributed by atoms with Crippen molar-refractivity contribution in [1.29, 1.82) is 0 Å². The van der Waals surface area contributed by atoms with Crippen LogP contribution in [0.1, 0.15) is 11.1 Å². The van der Waals surface area contributed by atoms with Gasteiger partial charge in [0.15, 0.2) is 0 Å². The van der Waals surface area contributed by atoms with Crippen LogP contribution in [0.4, 0.5) is 0 Å². The smallest absolute Gasteiger partial charge is 0.0298 e. The fraction of sp³-hybridized carbons (Fsp3) is 0.400. The molecule has 0 amide bonds. The van der Waals surface area contributed by atoms with E-state index in [-0.39, 0.29) is 0 Å². The Morgan fingerprint density at radius 2 is 1.44 bits per heavy atom. The molecule has 0 aliphatic carbocycles. The lowest BCUT2D eigenvalue weighted by atomic mass is 10.1. The molecule has 0 fully saturated rings. The normalized spacial score (nSPS) is 9.00. The zero-order valence-corrected chi connectivity index (χ0v) is 8.82. The summed E-state index contributed by atoms with van der Waals surface area (Å²) in [5.41, 5.74) is 18.6. The van der Waals surface area contributed by atoms with E-state index in [1.807, 2.05) is 24.3 Å².